The second-order valence-electron chi connectivity index (χ2n) is 9.31. The molecule has 1 aliphatic heterocycles. The summed E-state index contributed by atoms with van der Waals surface area (Å²) in [5, 5.41) is 4.06. The van der Waals surface area contributed by atoms with Gasteiger partial charge in [-0.1, -0.05) is 43.6 Å². The number of hydrogen-bond donors (Lipinski definition) is 1. The van der Waals surface area contributed by atoms with Gasteiger partial charge in [-0.15, -0.1) is 0 Å². The van der Waals surface area contributed by atoms with Crippen LogP contribution in [0.3, 0.4) is 0 Å². The van der Waals surface area contributed by atoms with Gasteiger partial charge in [-0.25, -0.2) is 0 Å². The van der Waals surface area contributed by atoms with Gasteiger partial charge in [0.15, 0.2) is 5.78 Å². The van der Waals surface area contributed by atoms with Crippen LogP contribution < -0.4 is 10.2 Å². The Balaban J connectivity index is 1.78. The third kappa shape index (κ3) is 3.93. The van der Waals surface area contributed by atoms with Gasteiger partial charge in [-0.05, 0) is 60.4 Å². The molecule has 3 aromatic rings. The standard InChI is InChI=1S/C27H24ClN3O2/c1-27(2)15-21-24(23(32)16-27)25(20-8-5-6-14-29-20)31(22-9-4-3-7-19(22)30-21)26(33)17-10-12-18(28)13-11-17/h3-14,25,30H,15-16H2,1-2H3/t25-/m1/s1. The number of carbonyl (C=O) groups is 2. The molecule has 2 aliphatic rings. The number of benzene rings is 2. The molecule has 0 radical (unpaired) electrons. The molecule has 0 unspecified atom stereocenters. The molecule has 0 bridgehead atoms. The average molecular weight is 458 g/mol. The number of amides is 1. The maximum absolute atomic E-state index is 14.0. The monoisotopic (exact) mass is 457 g/mol. The van der Waals surface area contributed by atoms with E-state index in [0.717, 1.165) is 11.4 Å². The van der Waals surface area contributed by atoms with Crippen LogP contribution in [-0.2, 0) is 4.79 Å². The molecular weight excluding hydrogens is 434 g/mol. The van der Waals surface area contributed by atoms with Gasteiger partial charge in [0.1, 0.15) is 6.04 Å². The fourth-order valence-electron chi connectivity index (χ4n) is 4.76. The van der Waals surface area contributed by atoms with Gasteiger partial charge in [0.2, 0.25) is 0 Å². The molecule has 33 heavy (non-hydrogen) atoms. The molecule has 166 valence electrons. The minimum Gasteiger partial charge on any atom is -0.357 e. The van der Waals surface area contributed by atoms with Crippen LogP contribution in [0.5, 0.6) is 0 Å². The minimum absolute atomic E-state index is 0.0334. The molecule has 0 saturated carbocycles. The van der Waals surface area contributed by atoms with Gasteiger partial charge in [0.25, 0.3) is 5.91 Å². The number of rotatable bonds is 2. The van der Waals surface area contributed by atoms with Crippen LogP contribution in [0.15, 0.2) is 84.2 Å². The van der Waals surface area contributed by atoms with Crippen molar-refractivity contribution < 1.29 is 9.59 Å². The number of aromatic nitrogens is 1. The first-order valence-electron chi connectivity index (χ1n) is 11.0. The molecule has 2 heterocycles. The van der Waals surface area contributed by atoms with E-state index in [4.69, 9.17) is 11.6 Å². The smallest absolute Gasteiger partial charge is 0.259 e. The lowest BCUT2D eigenvalue weighted by Gasteiger charge is -2.36. The maximum atomic E-state index is 14.0. The summed E-state index contributed by atoms with van der Waals surface area (Å²) in [7, 11) is 0. The van der Waals surface area contributed by atoms with Gasteiger partial charge in [0, 0.05) is 34.5 Å². The Morgan fingerprint density at radius 1 is 1.03 bits per heavy atom. The molecule has 1 amide bonds. The van der Waals surface area contributed by atoms with E-state index < -0.39 is 6.04 Å². The predicted molar refractivity (Wildman–Crippen MR) is 130 cm³/mol. The van der Waals surface area contributed by atoms with E-state index >= 15 is 0 Å². The number of para-hydroxylation sites is 2. The van der Waals surface area contributed by atoms with Crippen LogP contribution >= 0.6 is 11.6 Å². The topological polar surface area (TPSA) is 62.3 Å². The van der Waals surface area contributed by atoms with Crippen molar-refractivity contribution >= 4 is 34.7 Å². The Bertz CT molecular complexity index is 1270. The van der Waals surface area contributed by atoms with E-state index in [0.29, 0.717) is 40.4 Å². The van der Waals surface area contributed by atoms with Crippen LogP contribution in [-0.4, -0.2) is 16.7 Å². The molecule has 0 fully saturated rings. The second-order valence-corrected chi connectivity index (χ2v) is 9.75. The molecule has 0 saturated heterocycles. The summed E-state index contributed by atoms with van der Waals surface area (Å²) in [6.45, 7) is 4.19. The lowest BCUT2D eigenvalue weighted by atomic mass is 9.73. The highest BCUT2D eigenvalue weighted by Gasteiger charge is 2.43. The van der Waals surface area contributed by atoms with E-state index in [2.05, 4.69) is 24.1 Å². The summed E-state index contributed by atoms with van der Waals surface area (Å²) in [5.74, 6) is -0.186. The lowest BCUT2D eigenvalue weighted by molar-refractivity contribution is -0.118. The number of fused-ring (bicyclic) bond motifs is 1. The van der Waals surface area contributed by atoms with Crippen molar-refractivity contribution in [3.8, 4) is 0 Å². The Kier molecular flexibility index (Phi) is 5.29. The molecule has 6 heteroatoms. The van der Waals surface area contributed by atoms with Crippen molar-refractivity contribution in [3.63, 3.8) is 0 Å². The molecule has 5 nitrogen and oxygen atoms in total. The summed E-state index contributed by atoms with van der Waals surface area (Å²) in [6.07, 6.45) is 2.81. The predicted octanol–water partition coefficient (Wildman–Crippen LogP) is 6.19. The van der Waals surface area contributed by atoms with Crippen molar-refractivity contribution in [2.75, 3.05) is 10.2 Å². The molecule has 2 aromatic carbocycles. The quantitative estimate of drug-likeness (QED) is 0.498. The number of nitrogens with one attached hydrogen (secondary N) is 1. The van der Waals surface area contributed by atoms with Crippen LogP contribution in [0.4, 0.5) is 11.4 Å². The molecule has 1 N–H and O–H groups in total. The molecular formula is C27H24ClN3O2. The van der Waals surface area contributed by atoms with Crippen molar-refractivity contribution in [3.05, 3.63) is 100 Å². The van der Waals surface area contributed by atoms with Gasteiger partial charge >= 0.3 is 0 Å². The number of anilines is 2. The van der Waals surface area contributed by atoms with Gasteiger partial charge in [-0.2, -0.15) is 0 Å². The number of nitrogens with zero attached hydrogens (tertiary/aromatic N) is 2. The number of allylic oxidation sites excluding steroid dienone is 1. The Morgan fingerprint density at radius 3 is 2.48 bits per heavy atom. The normalized spacial score (nSPS) is 19.3. The maximum Gasteiger partial charge on any atom is 0.259 e. The Morgan fingerprint density at radius 2 is 1.76 bits per heavy atom. The summed E-state index contributed by atoms with van der Waals surface area (Å²) in [4.78, 5) is 33.9. The zero-order valence-electron chi connectivity index (χ0n) is 18.5. The van der Waals surface area contributed by atoms with Crippen molar-refractivity contribution in [1.29, 1.82) is 0 Å². The molecule has 5 rings (SSSR count). The fourth-order valence-corrected chi connectivity index (χ4v) is 4.89. The van der Waals surface area contributed by atoms with Gasteiger partial charge in [0.05, 0.1) is 17.1 Å². The summed E-state index contributed by atoms with van der Waals surface area (Å²) < 4.78 is 0. The van der Waals surface area contributed by atoms with Crippen LogP contribution in [0, 0.1) is 5.41 Å². The number of halogens is 1. The molecule has 1 aliphatic carbocycles. The number of pyridine rings is 1. The number of hydrogen-bond acceptors (Lipinski definition) is 4. The van der Waals surface area contributed by atoms with Crippen molar-refractivity contribution in [2.24, 2.45) is 5.41 Å². The summed E-state index contributed by atoms with van der Waals surface area (Å²) in [6, 6.07) is 19.4. The fraction of sp³-hybridized carbons (Fsp3) is 0.222. The van der Waals surface area contributed by atoms with Crippen molar-refractivity contribution in [1.82, 2.24) is 4.98 Å². The van der Waals surface area contributed by atoms with E-state index in [1.165, 1.54) is 0 Å². The largest absolute Gasteiger partial charge is 0.357 e. The van der Waals surface area contributed by atoms with Gasteiger partial charge < -0.3 is 5.32 Å². The SMILES string of the molecule is CC1(C)CC(=O)C2=C(C1)Nc1ccccc1N(C(=O)c1ccc(Cl)cc1)[C@@H]2c1ccccn1. The third-order valence-corrected chi connectivity index (χ3v) is 6.43. The minimum atomic E-state index is -0.649. The van der Waals surface area contributed by atoms with Crippen molar-refractivity contribution in [2.45, 2.75) is 32.7 Å². The van der Waals surface area contributed by atoms with Gasteiger partial charge in [-0.3, -0.25) is 19.5 Å². The third-order valence-electron chi connectivity index (χ3n) is 6.18. The highest BCUT2D eigenvalue weighted by atomic mass is 35.5. The number of carbonyl (C=O) groups excluding carboxylic acids is 2. The van der Waals surface area contributed by atoms with E-state index in [-0.39, 0.29) is 17.1 Å². The summed E-state index contributed by atoms with van der Waals surface area (Å²) >= 11 is 6.07. The zero-order chi connectivity index (χ0) is 23.2. The van der Waals surface area contributed by atoms with Crippen LogP contribution in [0.1, 0.15) is 48.8 Å². The second kappa shape index (κ2) is 8.16. The zero-order valence-corrected chi connectivity index (χ0v) is 19.3. The highest BCUT2D eigenvalue weighted by Crippen LogP contribution is 2.48. The Labute approximate surface area is 198 Å². The first-order valence-corrected chi connectivity index (χ1v) is 11.3. The van der Waals surface area contributed by atoms with E-state index in [1.54, 1.807) is 35.4 Å². The summed E-state index contributed by atoms with van der Waals surface area (Å²) in [5.41, 5.74) is 3.91. The number of ketones is 1. The molecule has 1 aromatic heterocycles. The van der Waals surface area contributed by atoms with E-state index in [9.17, 15) is 9.59 Å². The first kappa shape index (κ1) is 21.4. The molecule has 0 spiro atoms. The van der Waals surface area contributed by atoms with E-state index in [1.807, 2.05) is 42.5 Å². The average Bonchev–Trinajstić information content (AvgIpc) is 2.93. The number of Topliss-reactive ketones (excluding diaryl/α,β-unsaturated/α-hetero) is 1. The lowest BCUT2D eigenvalue weighted by Crippen LogP contribution is -2.40. The highest BCUT2D eigenvalue weighted by molar-refractivity contribution is 6.30. The first-order chi connectivity index (χ1) is 15.8. The Hall–Kier alpha value is -3.44. The molecule has 1 atom stereocenters. The van der Waals surface area contributed by atoms with Crippen LogP contribution in [0.2, 0.25) is 5.02 Å². The van der Waals surface area contributed by atoms with Crippen LogP contribution in [0.25, 0.3) is 0 Å².